The predicted octanol–water partition coefficient (Wildman–Crippen LogP) is 2.31. The first-order valence-corrected chi connectivity index (χ1v) is 9.13. The molecule has 2 atom stereocenters. The van der Waals surface area contributed by atoms with Crippen molar-refractivity contribution in [3.63, 3.8) is 0 Å². The lowest BCUT2D eigenvalue weighted by Gasteiger charge is -2.47. The van der Waals surface area contributed by atoms with Crippen LogP contribution in [0.4, 0.5) is 9.18 Å². The number of pyridine rings is 1. The Labute approximate surface area is 157 Å². The zero-order valence-electron chi connectivity index (χ0n) is 14.8. The molecule has 0 aliphatic carbocycles. The SMILES string of the molecule is O=C1C2NCCCC2N(Cc2ccc(F)cc2)C(=O)N1Cc1ccccn1. The summed E-state index contributed by atoms with van der Waals surface area (Å²) >= 11 is 0. The molecule has 3 heterocycles. The van der Waals surface area contributed by atoms with E-state index >= 15 is 0 Å². The lowest BCUT2D eigenvalue weighted by Crippen LogP contribution is -2.68. The van der Waals surface area contributed by atoms with Gasteiger partial charge in [0.05, 0.1) is 18.3 Å². The molecule has 2 saturated heterocycles. The highest BCUT2D eigenvalue weighted by molar-refractivity contribution is 6.00. The Kier molecular flexibility index (Phi) is 4.85. The summed E-state index contributed by atoms with van der Waals surface area (Å²) in [5, 5.41) is 3.27. The summed E-state index contributed by atoms with van der Waals surface area (Å²) in [5.74, 6) is -0.515. The molecule has 27 heavy (non-hydrogen) atoms. The summed E-state index contributed by atoms with van der Waals surface area (Å²) in [4.78, 5) is 33.4. The van der Waals surface area contributed by atoms with Gasteiger partial charge in [-0.2, -0.15) is 0 Å². The molecule has 2 aliphatic rings. The van der Waals surface area contributed by atoms with E-state index < -0.39 is 6.04 Å². The first-order chi connectivity index (χ1) is 13.1. The minimum atomic E-state index is -0.416. The Bertz CT molecular complexity index is 828. The van der Waals surface area contributed by atoms with Crippen LogP contribution >= 0.6 is 0 Å². The van der Waals surface area contributed by atoms with Crippen molar-refractivity contribution in [1.29, 1.82) is 0 Å². The molecule has 0 spiro atoms. The van der Waals surface area contributed by atoms with Gasteiger partial charge in [0.1, 0.15) is 11.9 Å². The number of aromatic nitrogens is 1. The molecule has 1 N–H and O–H groups in total. The number of amides is 3. The molecule has 140 valence electrons. The van der Waals surface area contributed by atoms with E-state index in [0.29, 0.717) is 12.2 Å². The van der Waals surface area contributed by atoms with Crippen molar-refractivity contribution in [2.75, 3.05) is 6.54 Å². The first kappa shape index (κ1) is 17.6. The highest BCUT2D eigenvalue weighted by Crippen LogP contribution is 2.27. The van der Waals surface area contributed by atoms with Gasteiger partial charge in [0, 0.05) is 12.7 Å². The fourth-order valence-corrected chi connectivity index (χ4v) is 3.79. The fourth-order valence-electron chi connectivity index (χ4n) is 3.79. The minimum absolute atomic E-state index is 0.142. The summed E-state index contributed by atoms with van der Waals surface area (Å²) in [7, 11) is 0. The van der Waals surface area contributed by atoms with Gasteiger partial charge < -0.3 is 10.2 Å². The van der Waals surface area contributed by atoms with Crippen LogP contribution in [0.3, 0.4) is 0 Å². The summed E-state index contributed by atoms with van der Waals surface area (Å²) in [6, 6.07) is 10.6. The van der Waals surface area contributed by atoms with E-state index in [-0.39, 0.29) is 30.3 Å². The first-order valence-electron chi connectivity index (χ1n) is 9.13. The van der Waals surface area contributed by atoms with Crippen molar-refractivity contribution >= 4 is 11.9 Å². The normalized spacial score (nSPS) is 22.7. The van der Waals surface area contributed by atoms with E-state index in [0.717, 1.165) is 24.9 Å². The van der Waals surface area contributed by atoms with Crippen molar-refractivity contribution < 1.29 is 14.0 Å². The van der Waals surface area contributed by atoms with Gasteiger partial charge in [-0.15, -0.1) is 0 Å². The summed E-state index contributed by atoms with van der Waals surface area (Å²) in [6.07, 6.45) is 3.32. The number of hydrogen-bond acceptors (Lipinski definition) is 4. The van der Waals surface area contributed by atoms with Crippen molar-refractivity contribution in [3.8, 4) is 0 Å². The summed E-state index contributed by atoms with van der Waals surface area (Å²) in [6.45, 7) is 1.24. The average molecular weight is 368 g/mol. The van der Waals surface area contributed by atoms with Gasteiger partial charge in [-0.3, -0.25) is 14.7 Å². The molecule has 1 aromatic heterocycles. The average Bonchev–Trinajstić information content (AvgIpc) is 2.71. The van der Waals surface area contributed by atoms with Crippen LogP contribution in [-0.4, -0.2) is 45.4 Å². The maximum Gasteiger partial charge on any atom is 0.327 e. The van der Waals surface area contributed by atoms with Crippen LogP contribution in [0.25, 0.3) is 0 Å². The molecule has 7 heteroatoms. The Hall–Kier alpha value is -2.80. The van der Waals surface area contributed by atoms with Crippen molar-refractivity contribution in [1.82, 2.24) is 20.1 Å². The highest BCUT2D eigenvalue weighted by Gasteiger charge is 2.47. The number of halogens is 1. The Morgan fingerprint density at radius 3 is 2.67 bits per heavy atom. The number of nitrogens with one attached hydrogen (secondary N) is 1. The molecule has 0 radical (unpaired) electrons. The Morgan fingerprint density at radius 2 is 1.93 bits per heavy atom. The minimum Gasteiger partial charge on any atom is -0.315 e. The number of fused-ring (bicyclic) bond motifs is 1. The van der Waals surface area contributed by atoms with E-state index in [9.17, 15) is 14.0 Å². The molecule has 2 aromatic rings. The van der Waals surface area contributed by atoms with Crippen LogP contribution in [0.5, 0.6) is 0 Å². The second kappa shape index (κ2) is 7.44. The van der Waals surface area contributed by atoms with Crippen molar-refractivity contribution in [2.45, 2.75) is 38.0 Å². The third kappa shape index (κ3) is 3.55. The standard InChI is InChI=1S/C20H21FN4O2/c21-15-8-6-14(7-9-15)12-24-17-5-3-11-23-18(17)19(26)25(20(24)27)13-16-4-1-2-10-22-16/h1-2,4,6-10,17-18,23H,3,5,11-13H2. The zero-order valence-corrected chi connectivity index (χ0v) is 14.8. The Morgan fingerprint density at radius 1 is 1.11 bits per heavy atom. The molecule has 2 fully saturated rings. The lowest BCUT2D eigenvalue weighted by molar-refractivity contribution is -0.137. The van der Waals surface area contributed by atoms with Crippen LogP contribution in [0.1, 0.15) is 24.1 Å². The third-order valence-electron chi connectivity index (χ3n) is 5.15. The Balaban J connectivity index is 1.62. The number of hydrogen-bond donors (Lipinski definition) is 1. The number of rotatable bonds is 4. The lowest BCUT2D eigenvalue weighted by atomic mass is 9.93. The number of urea groups is 1. The van der Waals surface area contributed by atoms with E-state index in [4.69, 9.17) is 0 Å². The van der Waals surface area contributed by atoms with E-state index in [1.165, 1.54) is 17.0 Å². The van der Waals surface area contributed by atoms with E-state index in [1.54, 1.807) is 35.4 Å². The second-order valence-corrected chi connectivity index (χ2v) is 6.92. The van der Waals surface area contributed by atoms with Crippen LogP contribution in [0.15, 0.2) is 48.7 Å². The largest absolute Gasteiger partial charge is 0.327 e. The number of carbonyl (C=O) groups excluding carboxylic acids is 2. The van der Waals surface area contributed by atoms with Gasteiger partial charge >= 0.3 is 6.03 Å². The zero-order chi connectivity index (χ0) is 18.8. The topological polar surface area (TPSA) is 65.5 Å². The molecule has 2 unspecified atom stereocenters. The number of benzene rings is 1. The van der Waals surface area contributed by atoms with Crippen molar-refractivity contribution in [3.05, 3.63) is 65.7 Å². The van der Waals surface area contributed by atoms with E-state index in [2.05, 4.69) is 10.3 Å². The van der Waals surface area contributed by atoms with Crippen LogP contribution < -0.4 is 5.32 Å². The molecule has 4 rings (SSSR count). The van der Waals surface area contributed by atoms with Crippen molar-refractivity contribution in [2.24, 2.45) is 0 Å². The molecule has 6 nitrogen and oxygen atoms in total. The molecule has 0 saturated carbocycles. The van der Waals surface area contributed by atoms with Crippen LogP contribution in [0.2, 0.25) is 0 Å². The van der Waals surface area contributed by atoms with Crippen LogP contribution in [-0.2, 0) is 17.9 Å². The monoisotopic (exact) mass is 368 g/mol. The maximum absolute atomic E-state index is 13.2. The maximum atomic E-state index is 13.2. The van der Waals surface area contributed by atoms with Gasteiger partial charge in [0.25, 0.3) is 0 Å². The fraction of sp³-hybridized carbons (Fsp3) is 0.350. The molecule has 3 amide bonds. The second-order valence-electron chi connectivity index (χ2n) is 6.92. The van der Waals surface area contributed by atoms with Gasteiger partial charge in [-0.05, 0) is 49.2 Å². The summed E-state index contributed by atoms with van der Waals surface area (Å²) < 4.78 is 13.2. The van der Waals surface area contributed by atoms with Gasteiger partial charge in [-0.1, -0.05) is 18.2 Å². The highest BCUT2D eigenvalue weighted by atomic mass is 19.1. The molecular formula is C20H21FN4O2. The molecule has 1 aromatic carbocycles. The van der Waals surface area contributed by atoms with Crippen LogP contribution in [0, 0.1) is 5.82 Å². The van der Waals surface area contributed by atoms with E-state index in [1.807, 2.05) is 6.07 Å². The van der Waals surface area contributed by atoms with Gasteiger partial charge in [0.15, 0.2) is 0 Å². The third-order valence-corrected chi connectivity index (χ3v) is 5.15. The quantitative estimate of drug-likeness (QED) is 0.899. The number of nitrogens with zero attached hydrogens (tertiary/aromatic N) is 3. The molecule has 2 aliphatic heterocycles. The number of piperidine rings is 1. The molecule has 0 bridgehead atoms. The number of carbonyl (C=O) groups is 2. The molecular weight excluding hydrogens is 347 g/mol. The summed E-state index contributed by atoms with van der Waals surface area (Å²) in [5.41, 5.74) is 1.50. The predicted molar refractivity (Wildman–Crippen MR) is 96.9 cm³/mol. The number of imide groups is 1. The smallest absolute Gasteiger partial charge is 0.315 e. The van der Waals surface area contributed by atoms with Gasteiger partial charge in [-0.25, -0.2) is 9.18 Å². The van der Waals surface area contributed by atoms with Gasteiger partial charge in [0.2, 0.25) is 5.91 Å².